The Kier molecular flexibility index (Phi) is 5.05. The maximum Gasteiger partial charge on any atom is 0.272 e. The fourth-order valence-electron chi connectivity index (χ4n) is 5.96. The van der Waals surface area contributed by atoms with Crippen LogP contribution < -0.4 is 10.1 Å². The molecule has 6 nitrogen and oxygen atoms in total. The van der Waals surface area contributed by atoms with E-state index in [1.165, 1.54) is 25.7 Å². The standard InChI is InChI=1S/C24H32N4O2/c1-3-12-30-20-9-5-4-8-17(20)18-13-19(27-26-18)23(29)28-15-16-14-24(2)21(25-16)10-6-7-11-22(24)28/h4-5,8-9,13,16,21-22,25H,3,6-7,10-12,14-15H2,1-2H3,(H,26,27)/t16-,21-,22+,24-/m0/s1. The van der Waals surface area contributed by atoms with Gasteiger partial charge >= 0.3 is 0 Å². The van der Waals surface area contributed by atoms with Crippen LogP contribution in [0.15, 0.2) is 30.3 Å². The van der Waals surface area contributed by atoms with Gasteiger partial charge in [-0.3, -0.25) is 9.89 Å². The number of likely N-dealkylation sites (tertiary alicyclic amines) is 1. The molecule has 2 N–H and O–H groups in total. The van der Waals surface area contributed by atoms with Crippen molar-refractivity contribution >= 4 is 5.91 Å². The van der Waals surface area contributed by atoms with Gasteiger partial charge in [0.05, 0.1) is 12.3 Å². The number of benzene rings is 1. The number of aromatic amines is 1. The van der Waals surface area contributed by atoms with Crippen molar-refractivity contribution in [2.24, 2.45) is 5.41 Å². The van der Waals surface area contributed by atoms with Gasteiger partial charge < -0.3 is 15.0 Å². The van der Waals surface area contributed by atoms with Crippen LogP contribution in [0.2, 0.25) is 0 Å². The molecule has 2 aliphatic heterocycles. The second kappa shape index (κ2) is 7.73. The summed E-state index contributed by atoms with van der Waals surface area (Å²) < 4.78 is 5.89. The number of rotatable bonds is 5. The summed E-state index contributed by atoms with van der Waals surface area (Å²) in [5, 5.41) is 11.3. The number of nitrogens with one attached hydrogen (secondary N) is 2. The zero-order valence-corrected chi connectivity index (χ0v) is 18.0. The number of piperidine rings is 1. The zero-order chi connectivity index (χ0) is 20.7. The number of hydrogen-bond donors (Lipinski definition) is 2. The first-order valence-corrected chi connectivity index (χ1v) is 11.4. The van der Waals surface area contributed by atoms with Gasteiger partial charge in [-0.25, -0.2) is 0 Å². The lowest BCUT2D eigenvalue weighted by Crippen LogP contribution is -2.55. The Labute approximate surface area is 178 Å². The molecule has 30 heavy (non-hydrogen) atoms. The first kappa shape index (κ1) is 19.6. The van der Waals surface area contributed by atoms with Gasteiger partial charge in [0.15, 0.2) is 0 Å². The summed E-state index contributed by atoms with van der Waals surface area (Å²) in [7, 11) is 0. The Bertz CT molecular complexity index is 925. The first-order valence-electron chi connectivity index (χ1n) is 11.4. The largest absolute Gasteiger partial charge is 0.493 e. The molecule has 1 aromatic heterocycles. The number of aromatic nitrogens is 2. The highest BCUT2D eigenvalue weighted by Crippen LogP contribution is 2.49. The molecule has 2 bridgehead atoms. The van der Waals surface area contributed by atoms with Crippen LogP contribution >= 0.6 is 0 Å². The van der Waals surface area contributed by atoms with Crippen molar-refractivity contribution in [3.05, 3.63) is 36.0 Å². The van der Waals surface area contributed by atoms with Crippen LogP contribution in [0.1, 0.15) is 62.9 Å². The van der Waals surface area contributed by atoms with Crippen LogP contribution in [0.4, 0.5) is 0 Å². The van der Waals surface area contributed by atoms with E-state index in [1.807, 2.05) is 30.3 Å². The second-order valence-electron chi connectivity index (χ2n) is 9.40. The number of nitrogens with zero attached hydrogens (tertiary/aromatic N) is 2. The smallest absolute Gasteiger partial charge is 0.272 e. The lowest BCUT2D eigenvalue weighted by atomic mass is 9.71. The summed E-state index contributed by atoms with van der Waals surface area (Å²) in [5.41, 5.74) is 2.43. The summed E-state index contributed by atoms with van der Waals surface area (Å²) in [6.07, 6.45) is 6.91. The molecule has 160 valence electrons. The molecule has 3 fully saturated rings. The molecule has 2 saturated heterocycles. The van der Waals surface area contributed by atoms with Crippen molar-refractivity contribution in [1.29, 1.82) is 0 Å². The van der Waals surface area contributed by atoms with E-state index in [0.717, 1.165) is 36.4 Å². The number of carbonyl (C=O) groups is 1. The Balaban J connectivity index is 1.41. The minimum Gasteiger partial charge on any atom is -0.493 e. The van der Waals surface area contributed by atoms with Crippen LogP contribution in [0.5, 0.6) is 5.75 Å². The van der Waals surface area contributed by atoms with Gasteiger partial charge in [0.1, 0.15) is 11.4 Å². The van der Waals surface area contributed by atoms with Crippen LogP contribution in [0.3, 0.4) is 0 Å². The molecule has 0 unspecified atom stereocenters. The second-order valence-corrected chi connectivity index (χ2v) is 9.40. The molecule has 1 aliphatic carbocycles. The number of hydrogen-bond acceptors (Lipinski definition) is 4. The van der Waals surface area contributed by atoms with E-state index in [4.69, 9.17) is 4.74 Å². The zero-order valence-electron chi connectivity index (χ0n) is 18.0. The highest BCUT2D eigenvalue weighted by molar-refractivity contribution is 5.94. The molecular weight excluding hydrogens is 376 g/mol. The molecule has 4 atom stereocenters. The highest BCUT2D eigenvalue weighted by Gasteiger charge is 2.55. The third-order valence-electron chi connectivity index (χ3n) is 7.39. The quantitative estimate of drug-likeness (QED) is 0.785. The average molecular weight is 409 g/mol. The molecule has 1 aromatic carbocycles. The van der Waals surface area contributed by atoms with Gasteiger partial charge in [-0.05, 0) is 43.9 Å². The van der Waals surface area contributed by atoms with Gasteiger partial charge in [0.2, 0.25) is 0 Å². The van der Waals surface area contributed by atoms with Crippen LogP contribution in [0, 0.1) is 5.41 Å². The molecule has 2 aromatic rings. The number of para-hydroxylation sites is 1. The molecule has 0 radical (unpaired) electrons. The van der Waals surface area contributed by atoms with E-state index in [2.05, 4.69) is 34.3 Å². The predicted octanol–water partition coefficient (Wildman–Crippen LogP) is 4.00. The third-order valence-corrected chi connectivity index (χ3v) is 7.39. The fraction of sp³-hybridized carbons (Fsp3) is 0.583. The molecular formula is C24H32N4O2. The molecule has 1 saturated carbocycles. The molecule has 0 spiro atoms. The van der Waals surface area contributed by atoms with E-state index in [9.17, 15) is 4.79 Å². The minimum atomic E-state index is 0.0750. The number of fused-ring (bicyclic) bond motifs is 1. The van der Waals surface area contributed by atoms with Crippen LogP contribution in [-0.2, 0) is 0 Å². The molecule has 3 heterocycles. The normalized spacial score (nSPS) is 30.2. The molecule has 6 heteroatoms. The van der Waals surface area contributed by atoms with Crippen LogP contribution in [-0.4, -0.2) is 52.3 Å². The van der Waals surface area contributed by atoms with Crippen molar-refractivity contribution in [3.8, 4) is 17.0 Å². The van der Waals surface area contributed by atoms with E-state index in [0.29, 0.717) is 30.4 Å². The predicted molar refractivity (Wildman–Crippen MR) is 117 cm³/mol. The number of carbonyl (C=O) groups excluding carboxylic acids is 1. The average Bonchev–Trinajstić information content (AvgIpc) is 3.30. The Hall–Kier alpha value is -2.34. The van der Waals surface area contributed by atoms with Gasteiger partial charge in [-0.15, -0.1) is 0 Å². The van der Waals surface area contributed by atoms with Crippen molar-refractivity contribution < 1.29 is 9.53 Å². The third kappa shape index (κ3) is 3.22. The minimum absolute atomic E-state index is 0.0750. The van der Waals surface area contributed by atoms with Crippen molar-refractivity contribution in [2.45, 2.75) is 70.5 Å². The Morgan fingerprint density at radius 1 is 1.30 bits per heavy atom. The summed E-state index contributed by atoms with van der Waals surface area (Å²) in [6, 6.07) is 11.0. The molecule has 1 amide bonds. The van der Waals surface area contributed by atoms with E-state index >= 15 is 0 Å². The molecule has 5 rings (SSSR count). The van der Waals surface area contributed by atoms with Crippen molar-refractivity contribution in [2.75, 3.05) is 13.2 Å². The fourth-order valence-corrected chi connectivity index (χ4v) is 5.96. The van der Waals surface area contributed by atoms with Gasteiger partial charge in [-0.1, -0.05) is 38.8 Å². The van der Waals surface area contributed by atoms with Crippen molar-refractivity contribution in [1.82, 2.24) is 20.4 Å². The van der Waals surface area contributed by atoms with E-state index in [1.54, 1.807) is 0 Å². The first-order chi connectivity index (χ1) is 14.6. The van der Waals surface area contributed by atoms with E-state index < -0.39 is 0 Å². The highest BCUT2D eigenvalue weighted by atomic mass is 16.5. The monoisotopic (exact) mass is 408 g/mol. The number of amides is 1. The lowest BCUT2D eigenvalue weighted by molar-refractivity contribution is 0.0279. The Morgan fingerprint density at radius 2 is 2.13 bits per heavy atom. The van der Waals surface area contributed by atoms with Gasteiger partial charge in [-0.2, -0.15) is 5.10 Å². The summed E-state index contributed by atoms with van der Waals surface area (Å²) in [5.74, 6) is 0.884. The number of ether oxygens (including phenoxy) is 1. The SMILES string of the molecule is CCCOc1ccccc1-c1cc(C(=O)N2C[C@@H]3C[C@@]4(C)[C@H](CCCC[C@@H]24)N3)[nH]n1. The summed E-state index contributed by atoms with van der Waals surface area (Å²) in [6.45, 7) is 5.93. The maximum absolute atomic E-state index is 13.6. The maximum atomic E-state index is 13.6. The summed E-state index contributed by atoms with van der Waals surface area (Å²) in [4.78, 5) is 15.7. The topological polar surface area (TPSA) is 70.2 Å². The van der Waals surface area contributed by atoms with Crippen molar-refractivity contribution in [3.63, 3.8) is 0 Å². The van der Waals surface area contributed by atoms with Gasteiger partial charge in [0, 0.05) is 35.6 Å². The van der Waals surface area contributed by atoms with E-state index in [-0.39, 0.29) is 11.3 Å². The lowest BCUT2D eigenvalue weighted by Gasteiger charge is -2.46. The van der Waals surface area contributed by atoms with Crippen LogP contribution in [0.25, 0.3) is 11.3 Å². The molecule has 3 aliphatic rings. The number of H-pyrrole nitrogens is 1. The van der Waals surface area contributed by atoms with Gasteiger partial charge in [0.25, 0.3) is 5.91 Å². The Morgan fingerprint density at radius 3 is 3.00 bits per heavy atom. The summed E-state index contributed by atoms with van der Waals surface area (Å²) >= 11 is 0.